The third-order valence-corrected chi connectivity index (χ3v) is 7.80. The molecule has 4 aromatic rings. The van der Waals surface area contributed by atoms with Gasteiger partial charge in [-0.1, -0.05) is 23.5 Å². The van der Waals surface area contributed by atoms with Crippen molar-refractivity contribution in [2.24, 2.45) is 0 Å². The number of hydrogen-bond acceptors (Lipinski definition) is 9. The zero-order valence-electron chi connectivity index (χ0n) is 23.2. The van der Waals surface area contributed by atoms with E-state index in [-0.39, 0.29) is 37.5 Å². The summed E-state index contributed by atoms with van der Waals surface area (Å²) in [6.45, 7) is 5.43. The maximum Gasteiger partial charge on any atom is 0.421 e. The maximum atomic E-state index is 13.3. The number of aromatic nitrogens is 3. The topological polar surface area (TPSA) is 155 Å². The number of para-hydroxylation sites is 1. The maximum absolute atomic E-state index is 13.3. The quantitative estimate of drug-likeness (QED) is 0.271. The lowest BCUT2D eigenvalue weighted by Crippen LogP contribution is -2.49. The van der Waals surface area contributed by atoms with E-state index in [2.05, 4.69) is 15.0 Å². The van der Waals surface area contributed by atoms with Crippen LogP contribution in [0.25, 0.3) is 10.2 Å². The van der Waals surface area contributed by atoms with E-state index in [1.54, 1.807) is 45.0 Å². The Morgan fingerprint density at radius 3 is 2.26 bits per heavy atom. The smallest absolute Gasteiger partial charge is 0.421 e. The van der Waals surface area contributed by atoms with Gasteiger partial charge < -0.3 is 24.6 Å². The summed E-state index contributed by atoms with van der Waals surface area (Å²) in [7, 11) is 0. The predicted molar refractivity (Wildman–Crippen MR) is 155 cm³/mol. The number of carboxylic acid groups (broad SMARTS) is 2. The highest BCUT2D eigenvalue weighted by Crippen LogP contribution is 2.40. The number of rotatable bonds is 6. The number of likely N-dealkylation sites (tertiary alicyclic amines) is 1. The van der Waals surface area contributed by atoms with Crippen molar-refractivity contribution >= 4 is 50.5 Å². The molecule has 12 nitrogen and oxygen atoms in total. The molecule has 0 saturated carbocycles. The largest absolute Gasteiger partial charge is 0.481 e. The summed E-state index contributed by atoms with van der Waals surface area (Å²) in [6, 6.07) is 14.2. The van der Waals surface area contributed by atoms with Crippen LogP contribution in [0.3, 0.4) is 0 Å². The monoisotopic (exact) mass is 591 g/mol. The highest BCUT2D eigenvalue weighted by molar-refractivity contribution is 7.22. The van der Waals surface area contributed by atoms with E-state index >= 15 is 0 Å². The number of aliphatic carboxylic acids is 1. The predicted octanol–water partition coefficient (Wildman–Crippen LogP) is 6.05. The molecule has 0 radical (unpaired) electrons. The minimum absolute atomic E-state index is 0.00611. The molecule has 0 spiro atoms. The van der Waals surface area contributed by atoms with Crippen LogP contribution in [0.15, 0.2) is 60.9 Å². The number of carbonyl (C=O) groups is 3. The lowest BCUT2D eigenvalue weighted by molar-refractivity contribution is -0.146. The molecule has 5 rings (SSSR count). The van der Waals surface area contributed by atoms with E-state index < -0.39 is 29.2 Å². The van der Waals surface area contributed by atoms with Gasteiger partial charge in [0.25, 0.3) is 0 Å². The van der Waals surface area contributed by atoms with E-state index in [1.807, 2.05) is 24.3 Å². The van der Waals surface area contributed by atoms with Crippen molar-refractivity contribution in [1.82, 2.24) is 19.9 Å². The van der Waals surface area contributed by atoms with Gasteiger partial charge in [-0.15, -0.1) is 0 Å². The molecule has 218 valence electrons. The lowest BCUT2D eigenvalue weighted by atomic mass is 9.75. The molecule has 0 bridgehead atoms. The van der Waals surface area contributed by atoms with Gasteiger partial charge in [-0.2, -0.15) is 0 Å². The normalized spacial score (nSPS) is 14.8. The molecule has 0 aliphatic carbocycles. The zero-order chi connectivity index (χ0) is 30.1. The fraction of sp³-hybridized carbons (Fsp3) is 0.310. The van der Waals surface area contributed by atoms with Crippen molar-refractivity contribution < 1.29 is 34.1 Å². The van der Waals surface area contributed by atoms with E-state index in [0.29, 0.717) is 16.6 Å². The molecular weight excluding hydrogens is 562 g/mol. The van der Waals surface area contributed by atoms with Crippen LogP contribution < -0.4 is 9.64 Å². The molecule has 1 fully saturated rings. The number of benzene rings is 2. The number of anilines is 2. The number of ether oxygens (including phenoxy) is 2. The summed E-state index contributed by atoms with van der Waals surface area (Å²) in [6.07, 6.45) is 1.13. The molecule has 1 saturated heterocycles. The molecule has 13 heteroatoms. The second-order valence-electron chi connectivity index (χ2n) is 10.7. The van der Waals surface area contributed by atoms with E-state index in [0.717, 1.165) is 10.2 Å². The Kier molecular flexibility index (Phi) is 7.69. The van der Waals surface area contributed by atoms with Gasteiger partial charge in [0.05, 0.1) is 15.9 Å². The summed E-state index contributed by atoms with van der Waals surface area (Å²) in [5.74, 6) is -0.791. The minimum Gasteiger partial charge on any atom is -0.481 e. The fourth-order valence-electron chi connectivity index (χ4n) is 4.69. The van der Waals surface area contributed by atoms with E-state index in [4.69, 9.17) is 9.47 Å². The van der Waals surface area contributed by atoms with Crippen molar-refractivity contribution in [3.8, 4) is 11.6 Å². The van der Waals surface area contributed by atoms with Crippen LogP contribution in [-0.4, -0.2) is 66.9 Å². The number of nitrogens with zero attached hydrogens (tertiary/aromatic N) is 5. The third-order valence-electron chi connectivity index (χ3n) is 6.77. The molecule has 2 aromatic heterocycles. The molecular formula is C29H29N5O7S. The van der Waals surface area contributed by atoms with Gasteiger partial charge >= 0.3 is 18.2 Å². The van der Waals surface area contributed by atoms with Crippen LogP contribution in [0.5, 0.6) is 11.6 Å². The second kappa shape index (κ2) is 11.2. The summed E-state index contributed by atoms with van der Waals surface area (Å²) in [5.41, 5.74) is -0.842. The summed E-state index contributed by atoms with van der Waals surface area (Å²) in [4.78, 5) is 53.0. The number of fused-ring (bicyclic) bond motifs is 1. The van der Waals surface area contributed by atoms with Crippen LogP contribution in [0.4, 0.5) is 20.4 Å². The van der Waals surface area contributed by atoms with Crippen molar-refractivity contribution in [2.75, 3.05) is 18.0 Å². The van der Waals surface area contributed by atoms with Crippen molar-refractivity contribution in [1.29, 1.82) is 0 Å². The van der Waals surface area contributed by atoms with Gasteiger partial charge in [0.15, 0.2) is 0 Å². The number of thiazole rings is 1. The van der Waals surface area contributed by atoms with E-state index in [9.17, 15) is 24.6 Å². The van der Waals surface area contributed by atoms with Gasteiger partial charge in [0.1, 0.15) is 22.5 Å². The molecule has 2 N–H and O–H groups in total. The first kappa shape index (κ1) is 28.7. The molecule has 2 amide bonds. The first-order valence-electron chi connectivity index (χ1n) is 13.2. The average molecular weight is 592 g/mol. The van der Waals surface area contributed by atoms with Gasteiger partial charge in [-0.3, -0.25) is 9.78 Å². The average Bonchev–Trinajstić information content (AvgIpc) is 3.37. The van der Waals surface area contributed by atoms with Crippen LogP contribution >= 0.6 is 11.3 Å². The summed E-state index contributed by atoms with van der Waals surface area (Å²) < 4.78 is 12.6. The Hall–Kier alpha value is -4.78. The second-order valence-corrected chi connectivity index (χ2v) is 11.8. The number of amides is 2. The molecule has 0 atom stereocenters. The van der Waals surface area contributed by atoms with Crippen molar-refractivity contribution in [3.63, 3.8) is 0 Å². The highest BCUT2D eigenvalue weighted by Gasteiger charge is 2.47. The Bertz CT molecular complexity index is 1590. The molecule has 1 aliphatic heterocycles. The lowest BCUT2D eigenvalue weighted by Gasteiger charge is -2.37. The molecule has 2 aromatic carbocycles. The highest BCUT2D eigenvalue weighted by atomic mass is 32.1. The number of carboxylic acids is 1. The number of piperidine rings is 1. The Morgan fingerprint density at radius 1 is 0.976 bits per heavy atom. The van der Waals surface area contributed by atoms with Crippen LogP contribution in [0, 0.1) is 0 Å². The minimum atomic E-state index is -1.46. The van der Waals surface area contributed by atoms with Crippen molar-refractivity contribution in [3.05, 3.63) is 66.6 Å². The third kappa shape index (κ3) is 5.81. The SMILES string of the molecule is CC(C)(C)OC(=O)N(c1ccc(Oc2nccnc2C2(C(=O)O)CCN(C(=O)O)CC2)cc1)c1nc2ccccc2s1. The zero-order valence-corrected chi connectivity index (χ0v) is 24.0. The standard InChI is InChI=1S/C29H29N5O7S/c1-28(2,3)41-27(39)34(25-32-20-6-4-5-7-21(20)42-25)18-8-10-19(11-9-18)40-23-22(30-14-15-31-23)29(24(35)36)12-16-33(17-13-29)26(37)38/h4-11,14-15H,12-13,16-17H2,1-3H3,(H,35,36)(H,37,38). The van der Waals surface area contributed by atoms with Crippen molar-refractivity contribution in [2.45, 2.75) is 44.6 Å². The van der Waals surface area contributed by atoms with Gasteiger partial charge in [0.2, 0.25) is 11.0 Å². The Labute approximate surface area is 245 Å². The van der Waals surface area contributed by atoms with Crippen LogP contribution in [0.2, 0.25) is 0 Å². The number of carbonyl (C=O) groups excluding carboxylic acids is 1. The molecule has 1 aliphatic rings. The number of hydrogen-bond donors (Lipinski definition) is 2. The first-order chi connectivity index (χ1) is 20.0. The summed E-state index contributed by atoms with van der Waals surface area (Å²) >= 11 is 1.35. The Balaban J connectivity index is 1.45. The van der Waals surface area contributed by atoms with Gasteiger partial charge in [0, 0.05) is 25.5 Å². The molecule has 3 heterocycles. The fourth-order valence-corrected chi connectivity index (χ4v) is 5.67. The molecule has 42 heavy (non-hydrogen) atoms. The van der Waals surface area contributed by atoms with Gasteiger partial charge in [-0.05, 0) is 70.0 Å². The Morgan fingerprint density at radius 2 is 1.64 bits per heavy atom. The molecule has 0 unspecified atom stereocenters. The summed E-state index contributed by atoms with van der Waals surface area (Å²) in [5, 5.41) is 20.0. The van der Waals surface area contributed by atoms with Crippen LogP contribution in [-0.2, 0) is 14.9 Å². The van der Waals surface area contributed by atoms with E-state index in [1.165, 1.54) is 33.5 Å². The first-order valence-corrected chi connectivity index (χ1v) is 14.0. The van der Waals surface area contributed by atoms with Gasteiger partial charge in [-0.25, -0.2) is 24.5 Å². The van der Waals surface area contributed by atoms with Crippen LogP contribution in [0.1, 0.15) is 39.3 Å².